The minimum Gasteiger partial charge on any atom is -0.398 e. The van der Waals surface area contributed by atoms with Crippen molar-refractivity contribution in [2.75, 3.05) is 12.3 Å². The van der Waals surface area contributed by atoms with Gasteiger partial charge in [0.25, 0.3) is 5.91 Å². The van der Waals surface area contributed by atoms with E-state index < -0.39 is 0 Å². The molecule has 0 saturated carbocycles. The van der Waals surface area contributed by atoms with Gasteiger partial charge in [-0.3, -0.25) is 4.79 Å². The number of nitrogens with two attached hydrogens (primary N) is 1. The second-order valence-corrected chi connectivity index (χ2v) is 5.76. The maximum Gasteiger partial charge on any atom is 0.251 e. The van der Waals surface area contributed by atoms with Crippen molar-refractivity contribution < 1.29 is 4.79 Å². The van der Waals surface area contributed by atoms with Crippen LogP contribution in [0.2, 0.25) is 0 Å². The van der Waals surface area contributed by atoms with Gasteiger partial charge in [0.15, 0.2) is 0 Å². The van der Waals surface area contributed by atoms with E-state index in [4.69, 9.17) is 5.73 Å². The van der Waals surface area contributed by atoms with Crippen molar-refractivity contribution in [2.24, 2.45) is 5.92 Å². The maximum atomic E-state index is 12.0. The smallest absolute Gasteiger partial charge is 0.251 e. The Balaban J connectivity index is 1.91. The molecule has 4 heteroatoms. The van der Waals surface area contributed by atoms with Crippen molar-refractivity contribution in [1.82, 2.24) is 5.32 Å². The van der Waals surface area contributed by atoms with Gasteiger partial charge in [-0.2, -0.15) is 0 Å². The monoisotopic (exact) mass is 356 g/mol. The van der Waals surface area contributed by atoms with Gasteiger partial charge >= 0.3 is 0 Å². The molecule has 1 amide bonds. The Kier molecular flexibility index (Phi) is 4.63. The molecule has 2 rings (SSSR count). The number of carbonyl (C=O) groups excluding carboxylic acids is 1. The number of nitrogens with one attached hydrogen (secondary N) is 1. The van der Waals surface area contributed by atoms with Crippen molar-refractivity contribution >= 4 is 34.2 Å². The van der Waals surface area contributed by atoms with Crippen molar-refractivity contribution in [3.63, 3.8) is 0 Å². The van der Waals surface area contributed by atoms with Crippen molar-refractivity contribution in [3.05, 3.63) is 39.5 Å². The molecular formula is C14H17IN2O. The van der Waals surface area contributed by atoms with Crippen LogP contribution in [0.4, 0.5) is 5.69 Å². The van der Waals surface area contributed by atoms with Crippen LogP contribution >= 0.6 is 22.6 Å². The maximum absolute atomic E-state index is 12.0. The number of anilines is 1. The molecule has 1 aromatic rings. The lowest BCUT2D eigenvalue weighted by Crippen LogP contribution is -2.29. The minimum absolute atomic E-state index is 0.0116. The molecule has 3 nitrogen and oxygen atoms in total. The highest BCUT2D eigenvalue weighted by Gasteiger charge is 2.12. The SMILES string of the molecule is Nc1ccc(C(=O)NCC2CC=CCC2)cc1I. The second kappa shape index (κ2) is 6.22. The molecule has 3 N–H and O–H groups in total. The van der Waals surface area contributed by atoms with Crippen LogP contribution in [-0.4, -0.2) is 12.5 Å². The van der Waals surface area contributed by atoms with Crippen LogP contribution in [0.1, 0.15) is 29.6 Å². The molecule has 0 fully saturated rings. The van der Waals surface area contributed by atoms with Gasteiger partial charge in [-0.05, 0) is 66.0 Å². The first kappa shape index (κ1) is 13.4. The van der Waals surface area contributed by atoms with Gasteiger partial charge in [0.1, 0.15) is 0 Å². The van der Waals surface area contributed by atoms with Crippen LogP contribution in [0.5, 0.6) is 0 Å². The average molecular weight is 356 g/mol. The third-order valence-corrected chi connectivity index (χ3v) is 4.13. The first-order chi connectivity index (χ1) is 8.66. The number of amides is 1. The number of nitrogen functional groups attached to an aromatic ring is 1. The Morgan fingerprint density at radius 3 is 2.94 bits per heavy atom. The Bertz CT molecular complexity index is 471. The van der Waals surface area contributed by atoms with Crippen LogP contribution in [0.15, 0.2) is 30.4 Å². The molecule has 0 aromatic heterocycles. The first-order valence-electron chi connectivity index (χ1n) is 6.15. The van der Waals surface area contributed by atoms with Crippen LogP contribution in [0, 0.1) is 9.49 Å². The Morgan fingerprint density at radius 1 is 1.44 bits per heavy atom. The third kappa shape index (κ3) is 3.48. The van der Waals surface area contributed by atoms with E-state index in [0.29, 0.717) is 17.2 Å². The van der Waals surface area contributed by atoms with Crippen molar-refractivity contribution in [3.8, 4) is 0 Å². The van der Waals surface area contributed by atoms with E-state index >= 15 is 0 Å². The largest absolute Gasteiger partial charge is 0.398 e. The van der Waals surface area contributed by atoms with E-state index in [-0.39, 0.29) is 5.91 Å². The number of hydrogen-bond donors (Lipinski definition) is 2. The molecular weight excluding hydrogens is 339 g/mol. The van der Waals surface area contributed by atoms with Gasteiger partial charge in [-0.15, -0.1) is 0 Å². The normalized spacial score (nSPS) is 18.6. The zero-order valence-electron chi connectivity index (χ0n) is 10.2. The Hall–Kier alpha value is -1.04. The molecule has 0 heterocycles. The van der Waals surface area contributed by atoms with E-state index in [1.54, 1.807) is 12.1 Å². The summed E-state index contributed by atoms with van der Waals surface area (Å²) in [6, 6.07) is 5.37. The van der Waals surface area contributed by atoms with Crippen LogP contribution in [0.3, 0.4) is 0 Å². The predicted octanol–water partition coefficient (Wildman–Crippen LogP) is 2.96. The third-order valence-electron chi connectivity index (χ3n) is 3.19. The molecule has 0 spiro atoms. The lowest BCUT2D eigenvalue weighted by molar-refractivity contribution is 0.0946. The highest BCUT2D eigenvalue weighted by atomic mass is 127. The molecule has 0 aliphatic heterocycles. The number of carbonyl (C=O) groups is 1. The Morgan fingerprint density at radius 2 is 2.28 bits per heavy atom. The second-order valence-electron chi connectivity index (χ2n) is 4.60. The molecule has 0 radical (unpaired) electrons. The van der Waals surface area contributed by atoms with E-state index in [9.17, 15) is 4.79 Å². The molecule has 18 heavy (non-hydrogen) atoms. The number of hydrogen-bond acceptors (Lipinski definition) is 2. The number of allylic oxidation sites excluding steroid dienone is 2. The first-order valence-corrected chi connectivity index (χ1v) is 7.23. The van der Waals surface area contributed by atoms with Gasteiger partial charge < -0.3 is 11.1 Å². The van der Waals surface area contributed by atoms with Crippen LogP contribution in [-0.2, 0) is 0 Å². The standard InChI is InChI=1S/C14H17IN2O/c15-12-8-11(6-7-13(12)16)14(18)17-9-10-4-2-1-3-5-10/h1-2,6-8,10H,3-5,9,16H2,(H,17,18). The summed E-state index contributed by atoms with van der Waals surface area (Å²) < 4.78 is 0.917. The van der Waals surface area contributed by atoms with Gasteiger partial charge in [0.05, 0.1) is 0 Å². The number of halogens is 1. The number of benzene rings is 1. The van der Waals surface area contributed by atoms with E-state index in [1.807, 2.05) is 6.07 Å². The minimum atomic E-state index is -0.0116. The summed E-state index contributed by atoms with van der Waals surface area (Å²) in [5.74, 6) is 0.564. The lowest BCUT2D eigenvalue weighted by Gasteiger charge is -2.18. The summed E-state index contributed by atoms with van der Waals surface area (Å²) in [6.45, 7) is 0.754. The summed E-state index contributed by atoms with van der Waals surface area (Å²) in [6.07, 6.45) is 7.77. The van der Waals surface area contributed by atoms with Gasteiger partial charge in [-0.25, -0.2) is 0 Å². The highest BCUT2D eigenvalue weighted by Crippen LogP contribution is 2.18. The lowest BCUT2D eigenvalue weighted by atomic mass is 9.94. The molecule has 0 bridgehead atoms. The fourth-order valence-corrected chi connectivity index (χ4v) is 2.56. The fourth-order valence-electron chi connectivity index (χ4n) is 2.05. The quantitative estimate of drug-likeness (QED) is 0.497. The van der Waals surface area contributed by atoms with Gasteiger partial charge in [0.2, 0.25) is 0 Å². The van der Waals surface area contributed by atoms with Crippen LogP contribution < -0.4 is 11.1 Å². The predicted molar refractivity (Wildman–Crippen MR) is 82.4 cm³/mol. The highest BCUT2D eigenvalue weighted by molar-refractivity contribution is 14.1. The van der Waals surface area contributed by atoms with E-state index in [0.717, 1.165) is 29.4 Å². The van der Waals surface area contributed by atoms with Crippen LogP contribution in [0.25, 0.3) is 0 Å². The molecule has 1 aromatic carbocycles. The summed E-state index contributed by atoms with van der Waals surface area (Å²) in [5.41, 5.74) is 7.13. The summed E-state index contributed by atoms with van der Waals surface area (Å²) >= 11 is 2.14. The topological polar surface area (TPSA) is 55.1 Å². The molecule has 1 aliphatic carbocycles. The molecule has 1 aliphatic rings. The average Bonchev–Trinajstić information content (AvgIpc) is 2.40. The molecule has 1 unspecified atom stereocenters. The van der Waals surface area contributed by atoms with E-state index in [1.165, 1.54) is 0 Å². The zero-order chi connectivity index (χ0) is 13.0. The van der Waals surface area contributed by atoms with Crippen molar-refractivity contribution in [2.45, 2.75) is 19.3 Å². The number of rotatable bonds is 3. The zero-order valence-corrected chi connectivity index (χ0v) is 12.3. The molecule has 1 atom stereocenters. The van der Waals surface area contributed by atoms with Crippen molar-refractivity contribution in [1.29, 1.82) is 0 Å². The van der Waals surface area contributed by atoms with Gasteiger partial charge in [-0.1, -0.05) is 12.2 Å². The summed E-state index contributed by atoms with van der Waals surface area (Å²) in [5, 5.41) is 3.00. The fraction of sp³-hybridized carbons (Fsp3) is 0.357. The molecule has 0 saturated heterocycles. The van der Waals surface area contributed by atoms with E-state index in [2.05, 4.69) is 40.1 Å². The molecule has 96 valence electrons. The van der Waals surface area contributed by atoms with Gasteiger partial charge in [0, 0.05) is 21.4 Å². The summed E-state index contributed by atoms with van der Waals surface area (Å²) in [7, 11) is 0. The summed E-state index contributed by atoms with van der Waals surface area (Å²) in [4.78, 5) is 12.0. The Labute approximate surface area is 121 Å².